The minimum Gasteiger partial charge on any atom is -0.314 e. The Balaban J connectivity index is 2.32. The summed E-state index contributed by atoms with van der Waals surface area (Å²) in [7, 11) is 1.36. The molecule has 7 heteroatoms. The van der Waals surface area contributed by atoms with E-state index in [0.29, 0.717) is 17.2 Å². The van der Waals surface area contributed by atoms with E-state index in [4.69, 9.17) is 5.26 Å². The van der Waals surface area contributed by atoms with Crippen molar-refractivity contribution >= 4 is 5.78 Å². The molecule has 0 saturated heterocycles. The SMILES string of the molecule is CN1NC(C(F)(F)F)=CC(=O)C1c1ccc(C#N)cc1. The van der Waals surface area contributed by atoms with Gasteiger partial charge in [-0.05, 0) is 17.7 Å². The van der Waals surface area contributed by atoms with Gasteiger partial charge in [0.1, 0.15) is 11.7 Å². The third-order valence-corrected chi connectivity index (χ3v) is 2.90. The number of hydrazine groups is 1. The van der Waals surface area contributed by atoms with E-state index in [1.54, 1.807) is 12.1 Å². The van der Waals surface area contributed by atoms with Gasteiger partial charge in [-0.2, -0.15) is 18.4 Å². The number of allylic oxidation sites excluding steroid dienone is 1. The van der Waals surface area contributed by atoms with Crippen LogP contribution in [0.4, 0.5) is 13.2 Å². The van der Waals surface area contributed by atoms with Gasteiger partial charge in [-0.15, -0.1) is 0 Å². The number of nitrogens with one attached hydrogen (secondary N) is 1. The molecule has 0 amide bonds. The highest BCUT2D eigenvalue weighted by atomic mass is 19.4. The number of hydrogen-bond acceptors (Lipinski definition) is 4. The van der Waals surface area contributed by atoms with E-state index in [-0.39, 0.29) is 0 Å². The number of halogens is 3. The molecule has 2 rings (SSSR count). The average Bonchev–Trinajstić information content (AvgIpc) is 2.37. The Morgan fingerprint density at radius 2 is 1.90 bits per heavy atom. The summed E-state index contributed by atoms with van der Waals surface area (Å²) >= 11 is 0. The zero-order valence-corrected chi connectivity index (χ0v) is 10.4. The summed E-state index contributed by atoms with van der Waals surface area (Å²) in [6, 6.07) is 7.20. The molecule has 1 aliphatic heterocycles. The number of benzene rings is 1. The van der Waals surface area contributed by atoms with Crippen molar-refractivity contribution < 1.29 is 18.0 Å². The number of hydrogen-bond donors (Lipinski definition) is 1. The maximum atomic E-state index is 12.6. The molecule has 1 aromatic carbocycles. The van der Waals surface area contributed by atoms with Gasteiger partial charge in [-0.1, -0.05) is 12.1 Å². The number of carbonyl (C=O) groups is 1. The maximum Gasteiger partial charge on any atom is 0.432 e. The molecule has 1 aliphatic rings. The van der Waals surface area contributed by atoms with Crippen molar-refractivity contribution in [3.8, 4) is 6.07 Å². The Bertz CT molecular complexity index is 599. The molecule has 20 heavy (non-hydrogen) atoms. The Morgan fingerprint density at radius 3 is 2.35 bits per heavy atom. The molecule has 0 bridgehead atoms. The Morgan fingerprint density at radius 1 is 1.30 bits per heavy atom. The third-order valence-electron chi connectivity index (χ3n) is 2.90. The van der Waals surface area contributed by atoms with Crippen LogP contribution in [0.25, 0.3) is 0 Å². The van der Waals surface area contributed by atoms with E-state index in [1.807, 2.05) is 6.07 Å². The largest absolute Gasteiger partial charge is 0.432 e. The summed E-state index contributed by atoms with van der Waals surface area (Å²) in [4.78, 5) is 11.9. The van der Waals surface area contributed by atoms with Crippen molar-refractivity contribution in [1.29, 1.82) is 5.26 Å². The van der Waals surface area contributed by atoms with Gasteiger partial charge in [0.05, 0.1) is 11.6 Å². The molecule has 0 spiro atoms. The number of alkyl halides is 3. The number of carbonyl (C=O) groups excluding carboxylic acids is 1. The first-order valence-corrected chi connectivity index (χ1v) is 5.65. The molecule has 1 heterocycles. The lowest BCUT2D eigenvalue weighted by Gasteiger charge is -2.33. The molecule has 0 aliphatic carbocycles. The van der Waals surface area contributed by atoms with Gasteiger partial charge < -0.3 is 5.43 Å². The van der Waals surface area contributed by atoms with Crippen molar-refractivity contribution in [2.45, 2.75) is 12.2 Å². The third kappa shape index (κ3) is 2.65. The average molecular weight is 281 g/mol. The molecule has 1 N–H and O–H groups in total. The van der Waals surface area contributed by atoms with Gasteiger partial charge >= 0.3 is 6.18 Å². The topological polar surface area (TPSA) is 56.1 Å². The van der Waals surface area contributed by atoms with E-state index in [1.165, 1.54) is 19.2 Å². The highest BCUT2D eigenvalue weighted by Gasteiger charge is 2.40. The number of ketones is 1. The Labute approximate surface area is 113 Å². The van der Waals surface area contributed by atoms with E-state index in [0.717, 1.165) is 5.01 Å². The van der Waals surface area contributed by atoms with Crippen LogP contribution >= 0.6 is 0 Å². The smallest absolute Gasteiger partial charge is 0.314 e. The van der Waals surface area contributed by atoms with Crippen molar-refractivity contribution in [3.63, 3.8) is 0 Å². The van der Waals surface area contributed by atoms with Gasteiger partial charge in [-0.25, -0.2) is 5.01 Å². The van der Waals surface area contributed by atoms with Crippen molar-refractivity contribution in [2.75, 3.05) is 7.05 Å². The number of likely N-dealkylation sites (N-methyl/N-ethyl adjacent to an activating group) is 1. The van der Waals surface area contributed by atoms with Crippen LogP contribution in [0.15, 0.2) is 36.0 Å². The van der Waals surface area contributed by atoms with E-state index in [9.17, 15) is 18.0 Å². The fraction of sp³-hybridized carbons (Fsp3) is 0.231. The fourth-order valence-electron chi connectivity index (χ4n) is 1.97. The van der Waals surface area contributed by atoms with Crippen LogP contribution in [-0.4, -0.2) is 24.0 Å². The van der Waals surface area contributed by atoms with Gasteiger partial charge in [0, 0.05) is 13.1 Å². The molecule has 1 unspecified atom stereocenters. The van der Waals surface area contributed by atoms with Crippen LogP contribution in [0.5, 0.6) is 0 Å². The van der Waals surface area contributed by atoms with E-state index < -0.39 is 23.7 Å². The zero-order valence-electron chi connectivity index (χ0n) is 10.4. The van der Waals surface area contributed by atoms with Crippen molar-refractivity contribution in [2.24, 2.45) is 0 Å². The highest BCUT2D eigenvalue weighted by molar-refractivity contribution is 5.96. The summed E-state index contributed by atoms with van der Waals surface area (Å²) in [5.74, 6) is -0.664. The van der Waals surface area contributed by atoms with Crippen LogP contribution in [0, 0.1) is 11.3 Å². The summed E-state index contributed by atoms with van der Waals surface area (Å²) in [6.07, 6.45) is -4.04. The van der Waals surface area contributed by atoms with Crippen LogP contribution in [0.1, 0.15) is 17.2 Å². The second-order valence-corrected chi connectivity index (χ2v) is 4.32. The Hall–Kier alpha value is -2.33. The van der Waals surface area contributed by atoms with Gasteiger partial charge in [0.15, 0.2) is 5.78 Å². The maximum absolute atomic E-state index is 12.6. The summed E-state index contributed by atoms with van der Waals surface area (Å²) in [6.45, 7) is 0. The molecule has 1 aromatic rings. The van der Waals surface area contributed by atoms with Gasteiger partial charge in [0.25, 0.3) is 0 Å². The van der Waals surface area contributed by atoms with Crippen molar-refractivity contribution in [3.05, 3.63) is 47.2 Å². The first-order valence-electron chi connectivity index (χ1n) is 5.65. The first-order chi connectivity index (χ1) is 9.32. The van der Waals surface area contributed by atoms with Crippen LogP contribution < -0.4 is 5.43 Å². The fourth-order valence-corrected chi connectivity index (χ4v) is 1.97. The normalized spacial score (nSPS) is 20.1. The van der Waals surface area contributed by atoms with Gasteiger partial charge in [0.2, 0.25) is 0 Å². The molecule has 0 fully saturated rings. The highest BCUT2D eigenvalue weighted by Crippen LogP contribution is 2.30. The predicted molar refractivity (Wildman–Crippen MR) is 63.9 cm³/mol. The number of nitriles is 1. The molecule has 0 aromatic heterocycles. The lowest BCUT2D eigenvalue weighted by molar-refractivity contribution is -0.129. The summed E-state index contributed by atoms with van der Waals surface area (Å²) in [5.41, 5.74) is 1.99. The van der Waals surface area contributed by atoms with Crippen LogP contribution in [-0.2, 0) is 4.79 Å². The van der Waals surface area contributed by atoms with E-state index >= 15 is 0 Å². The summed E-state index contributed by atoms with van der Waals surface area (Å²) < 4.78 is 37.7. The molecule has 0 radical (unpaired) electrons. The number of nitrogens with zero attached hydrogens (tertiary/aromatic N) is 2. The molecule has 4 nitrogen and oxygen atoms in total. The second kappa shape index (κ2) is 4.98. The quantitative estimate of drug-likeness (QED) is 0.856. The predicted octanol–water partition coefficient (Wildman–Crippen LogP) is 2.06. The first kappa shape index (κ1) is 14.1. The molecular formula is C13H10F3N3O. The molecule has 0 saturated carbocycles. The lowest BCUT2D eigenvalue weighted by atomic mass is 9.99. The van der Waals surface area contributed by atoms with E-state index in [2.05, 4.69) is 5.43 Å². The number of rotatable bonds is 1. The Kier molecular flexibility index (Phi) is 3.51. The van der Waals surface area contributed by atoms with Crippen LogP contribution in [0.3, 0.4) is 0 Å². The minimum absolute atomic E-state index is 0.416. The molecule has 1 atom stereocenters. The van der Waals surface area contributed by atoms with Crippen LogP contribution in [0.2, 0.25) is 0 Å². The van der Waals surface area contributed by atoms with Crippen molar-refractivity contribution in [1.82, 2.24) is 10.4 Å². The molecular weight excluding hydrogens is 271 g/mol. The zero-order chi connectivity index (χ0) is 14.9. The lowest BCUT2D eigenvalue weighted by Crippen LogP contribution is -2.47. The molecule has 104 valence electrons. The standard InChI is InChI=1S/C13H10F3N3O/c1-19-12(9-4-2-8(7-17)3-5-9)10(20)6-11(18-19)13(14,15)16/h2-6,12,18H,1H3. The van der Waals surface area contributed by atoms with Gasteiger partial charge in [-0.3, -0.25) is 4.79 Å². The minimum atomic E-state index is -4.60. The monoisotopic (exact) mass is 281 g/mol. The summed E-state index contributed by atoms with van der Waals surface area (Å²) in [5, 5.41) is 9.80. The second-order valence-electron chi connectivity index (χ2n) is 4.32.